The molecule has 124 valence electrons. The molecule has 0 aliphatic heterocycles. The number of aromatic nitrogens is 2. The molecule has 0 N–H and O–H groups in total. The summed E-state index contributed by atoms with van der Waals surface area (Å²) in [5.74, 6) is -0.372. The summed E-state index contributed by atoms with van der Waals surface area (Å²) in [6.07, 6.45) is 0.715. The standard InChI is InChI=1S/C15H20N4O3S/c1-5-18-14(13(19(21)22)11(3)16-18)15(20)17(4)10(2)9-12-7-6-8-23-12/h6-8,10H,5,9H2,1-4H3. The molecule has 2 rings (SSSR count). The first-order valence-electron chi connectivity index (χ1n) is 7.38. The van der Waals surface area contributed by atoms with Gasteiger partial charge in [0, 0.05) is 30.9 Å². The Labute approximate surface area is 138 Å². The van der Waals surface area contributed by atoms with Crippen molar-refractivity contribution in [1.29, 1.82) is 0 Å². The minimum atomic E-state index is -0.528. The van der Waals surface area contributed by atoms with Crippen LogP contribution in [0.1, 0.15) is 34.9 Å². The molecule has 7 nitrogen and oxygen atoms in total. The Morgan fingerprint density at radius 3 is 2.78 bits per heavy atom. The highest BCUT2D eigenvalue weighted by molar-refractivity contribution is 7.09. The number of carbonyl (C=O) groups excluding carboxylic acids is 1. The highest BCUT2D eigenvalue weighted by Gasteiger charge is 2.33. The third kappa shape index (κ3) is 3.42. The highest BCUT2D eigenvalue weighted by atomic mass is 32.1. The number of hydrogen-bond acceptors (Lipinski definition) is 5. The predicted octanol–water partition coefficient (Wildman–Crippen LogP) is 2.88. The van der Waals surface area contributed by atoms with Crippen LogP contribution in [0.2, 0.25) is 0 Å². The maximum Gasteiger partial charge on any atom is 0.322 e. The monoisotopic (exact) mass is 336 g/mol. The normalized spacial score (nSPS) is 12.2. The molecule has 0 aliphatic rings. The molecule has 1 atom stereocenters. The first-order valence-corrected chi connectivity index (χ1v) is 8.26. The molecule has 2 aromatic rings. The van der Waals surface area contributed by atoms with Crippen molar-refractivity contribution in [2.45, 2.75) is 39.8 Å². The van der Waals surface area contributed by atoms with E-state index in [4.69, 9.17) is 0 Å². The van der Waals surface area contributed by atoms with Gasteiger partial charge in [-0.25, -0.2) is 0 Å². The van der Waals surface area contributed by atoms with Crippen molar-refractivity contribution in [2.24, 2.45) is 0 Å². The van der Waals surface area contributed by atoms with Crippen molar-refractivity contribution in [3.05, 3.63) is 43.9 Å². The van der Waals surface area contributed by atoms with Gasteiger partial charge in [0.05, 0.1) is 4.92 Å². The number of amides is 1. The zero-order valence-corrected chi connectivity index (χ0v) is 14.5. The number of aryl methyl sites for hydroxylation is 2. The van der Waals surface area contributed by atoms with E-state index < -0.39 is 4.92 Å². The second-order valence-corrected chi connectivity index (χ2v) is 6.44. The van der Waals surface area contributed by atoms with Crippen molar-refractivity contribution < 1.29 is 9.72 Å². The molecule has 2 heterocycles. The third-order valence-electron chi connectivity index (χ3n) is 3.84. The van der Waals surface area contributed by atoms with Crippen LogP contribution in [0.15, 0.2) is 17.5 Å². The van der Waals surface area contributed by atoms with Crippen molar-refractivity contribution in [2.75, 3.05) is 7.05 Å². The van der Waals surface area contributed by atoms with Gasteiger partial charge in [0.1, 0.15) is 5.69 Å². The van der Waals surface area contributed by atoms with E-state index in [2.05, 4.69) is 5.10 Å². The second-order valence-electron chi connectivity index (χ2n) is 5.40. The fraction of sp³-hybridized carbons (Fsp3) is 0.467. The lowest BCUT2D eigenvalue weighted by Crippen LogP contribution is -2.37. The summed E-state index contributed by atoms with van der Waals surface area (Å²) in [6.45, 7) is 5.70. The molecule has 0 aromatic carbocycles. The quantitative estimate of drug-likeness (QED) is 0.600. The maximum atomic E-state index is 12.8. The summed E-state index contributed by atoms with van der Waals surface area (Å²) in [7, 11) is 1.67. The van der Waals surface area contributed by atoms with Crippen LogP contribution >= 0.6 is 11.3 Å². The topological polar surface area (TPSA) is 81.3 Å². The second kappa shape index (κ2) is 6.91. The number of nitrogens with zero attached hydrogens (tertiary/aromatic N) is 4. The Bertz CT molecular complexity index is 709. The molecule has 0 spiro atoms. The van der Waals surface area contributed by atoms with Crippen LogP contribution in [0.4, 0.5) is 5.69 Å². The van der Waals surface area contributed by atoms with Gasteiger partial charge in [0.15, 0.2) is 0 Å². The molecule has 0 saturated carbocycles. The van der Waals surface area contributed by atoms with Gasteiger partial charge >= 0.3 is 5.69 Å². The molecular weight excluding hydrogens is 316 g/mol. The van der Waals surface area contributed by atoms with Gasteiger partial charge in [-0.1, -0.05) is 6.07 Å². The number of carbonyl (C=O) groups is 1. The van der Waals surface area contributed by atoms with Gasteiger partial charge in [-0.2, -0.15) is 5.10 Å². The van der Waals surface area contributed by atoms with Crippen LogP contribution in [0, 0.1) is 17.0 Å². The average Bonchev–Trinajstić information content (AvgIpc) is 3.12. The van der Waals surface area contributed by atoms with E-state index in [1.807, 2.05) is 31.4 Å². The van der Waals surface area contributed by atoms with Gasteiger partial charge in [-0.05, 0) is 32.2 Å². The lowest BCUT2D eigenvalue weighted by Gasteiger charge is -2.24. The fourth-order valence-corrected chi connectivity index (χ4v) is 3.28. The SMILES string of the molecule is CCn1nc(C)c([N+](=O)[O-])c1C(=O)N(C)C(C)Cc1cccs1. The summed E-state index contributed by atoms with van der Waals surface area (Å²) in [5, 5.41) is 17.4. The van der Waals surface area contributed by atoms with Gasteiger partial charge in [0.25, 0.3) is 5.91 Å². The smallest absolute Gasteiger partial charge is 0.322 e. The number of rotatable bonds is 6. The van der Waals surface area contributed by atoms with Crippen LogP contribution in [0.3, 0.4) is 0 Å². The molecular formula is C15H20N4O3S. The number of thiophene rings is 1. The molecule has 2 aromatic heterocycles. The van der Waals surface area contributed by atoms with E-state index >= 15 is 0 Å². The first-order chi connectivity index (χ1) is 10.9. The molecule has 0 saturated heterocycles. The molecule has 1 amide bonds. The predicted molar refractivity (Wildman–Crippen MR) is 88.9 cm³/mol. The Morgan fingerprint density at radius 2 is 2.26 bits per heavy atom. The molecule has 1 unspecified atom stereocenters. The summed E-state index contributed by atoms with van der Waals surface area (Å²) in [5.41, 5.74) is 0.113. The zero-order chi connectivity index (χ0) is 17.1. The van der Waals surface area contributed by atoms with Gasteiger partial charge in [0.2, 0.25) is 5.69 Å². The van der Waals surface area contributed by atoms with Crippen LogP contribution in [0.5, 0.6) is 0 Å². The summed E-state index contributed by atoms with van der Waals surface area (Å²) >= 11 is 1.63. The number of likely N-dealkylation sites (N-methyl/N-ethyl adjacent to an activating group) is 1. The number of nitro groups is 1. The van der Waals surface area contributed by atoms with E-state index in [1.54, 1.807) is 30.2 Å². The molecule has 0 aliphatic carbocycles. The third-order valence-corrected chi connectivity index (χ3v) is 4.74. The van der Waals surface area contributed by atoms with Crippen LogP contribution in [0.25, 0.3) is 0 Å². The van der Waals surface area contributed by atoms with Crippen LogP contribution in [-0.2, 0) is 13.0 Å². The van der Waals surface area contributed by atoms with Crippen LogP contribution < -0.4 is 0 Å². The number of hydrogen-bond donors (Lipinski definition) is 0. The van der Waals surface area contributed by atoms with Crippen LogP contribution in [-0.4, -0.2) is 38.6 Å². The average molecular weight is 336 g/mol. The molecule has 0 bridgehead atoms. The molecule has 0 fully saturated rings. The maximum absolute atomic E-state index is 12.8. The van der Waals surface area contributed by atoms with E-state index in [1.165, 1.54) is 9.56 Å². The Balaban J connectivity index is 2.30. The Kier molecular flexibility index (Phi) is 5.15. The highest BCUT2D eigenvalue weighted by Crippen LogP contribution is 2.25. The lowest BCUT2D eigenvalue weighted by molar-refractivity contribution is -0.385. The van der Waals surface area contributed by atoms with Gasteiger partial charge < -0.3 is 4.90 Å². The molecule has 8 heteroatoms. The minimum Gasteiger partial charge on any atom is -0.337 e. The molecule has 23 heavy (non-hydrogen) atoms. The zero-order valence-electron chi connectivity index (χ0n) is 13.6. The first kappa shape index (κ1) is 17.1. The lowest BCUT2D eigenvalue weighted by atomic mass is 10.1. The fourth-order valence-electron chi connectivity index (χ4n) is 2.46. The summed E-state index contributed by atoms with van der Waals surface area (Å²) < 4.78 is 1.41. The Hall–Kier alpha value is -2.22. The van der Waals surface area contributed by atoms with E-state index in [0.29, 0.717) is 13.0 Å². The van der Waals surface area contributed by atoms with E-state index in [9.17, 15) is 14.9 Å². The van der Waals surface area contributed by atoms with Gasteiger partial charge in [-0.3, -0.25) is 19.6 Å². The van der Waals surface area contributed by atoms with E-state index in [0.717, 1.165) is 0 Å². The van der Waals surface area contributed by atoms with Crippen molar-refractivity contribution in [1.82, 2.24) is 14.7 Å². The summed E-state index contributed by atoms with van der Waals surface area (Å²) in [4.78, 5) is 26.3. The van der Waals surface area contributed by atoms with E-state index in [-0.39, 0.29) is 29.0 Å². The van der Waals surface area contributed by atoms with Crippen molar-refractivity contribution in [3.63, 3.8) is 0 Å². The molecule has 0 radical (unpaired) electrons. The van der Waals surface area contributed by atoms with Gasteiger partial charge in [-0.15, -0.1) is 11.3 Å². The minimum absolute atomic E-state index is 0.0514. The summed E-state index contributed by atoms with van der Waals surface area (Å²) in [6, 6.07) is 3.92. The Morgan fingerprint density at radius 1 is 1.57 bits per heavy atom. The largest absolute Gasteiger partial charge is 0.337 e. The van der Waals surface area contributed by atoms with Crippen molar-refractivity contribution in [3.8, 4) is 0 Å². The van der Waals surface area contributed by atoms with Crippen molar-refractivity contribution >= 4 is 22.9 Å².